The van der Waals surface area contributed by atoms with Crippen LogP contribution >= 0.6 is 0 Å². The minimum atomic E-state index is 0.460. The Labute approximate surface area is 105 Å². The zero-order valence-electron chi connectivity index (χ0n) is 10.8. The third-order valence-corrected chi connectivity index (χ3v) is 3.96. The van der Waals surface area contributed by atoms with Gasteiger partial charge in [0, 0.05) is 12.0 Å². The topological polar surface area (TPSA) is 38.0 Å². The van der Waals surface area contributed by atoms with Gasteiger partial charge in [-0.15, -0.1) is 0 Å². The minimum Gasteiger partial charge on any atom is -0.271 e. The van der Waals surface area contributed by atoms with E-state index < -0.39 is 0 Å². The second kappa shape index (κ2) is 6.18. The van der Waals surface area contributed by atoms with Crippen LogP contribution in [-0.2, 0) is 6.42 Å². The number of nitrogens with one attached hydrogen (secondary N) is 1. The number of hydrogen-bond donors (Lipinski definition) is 2. The number of unbranched alkanes of at least 4 members (excludes halogenated alkanes) is 3. The molecule has 0 spiro atoms. The molecule has 0 heterocycles. The average molecular weight is 232 g/mol. The minimum absolute atomic E-state index is 0.460. The highest BCUT2D eigenvalue weighted by Crippen LogP contribution is 2.38. The first-order valence-corrected chi connectivity index (χ1v) is 6.90. The maximum absolute atomic E-state index is 5.71. The van der Waals surface area contributed by atoms with Crippen LogP contribution in [0.2, 0.25) is 0 Å². The third kappa shape index (κ3) is 2.88. The molecular formula is C15H24N2. The number of hydrogen-bond acceptors (Lipinski definition) is 2. The molecule has 2 atom stereocenters. The summed E-state index contributed by atoms with van der Waals surface area (Å²) < 4.78 is 0. The van der Waals surface area contributed by atoms with E-state index in [-0.39, 0.29) is 0 Å². The zero-order chi connectivity index (χ0) is 12.1. The molecule has 0 radical (unpaired) electrons. The van der Waals surface area contributed by atoms with E-state index in [1.165, 1.54) is 49.7 Å². The van der Waals surface area contributed by atoms with Crippen LogP contribution in [0.1, 0.15) is 56.1 Å². The van der Waals surface area contributed by atoms with Gasteiger partial charge in [0.1, 0.15) is 0 Å². The Morgan fingerprint density at radius 1 is 1.29 bits per heavy atom. The second-order valence-corrected chi connectivity index (χ2v) is 5.13. The van der Waals surface area contributed by atoms with Crippen molar-refractivity contribution >= 4 is 0 Å². The van der Waals surface area contributed by atoms with Crippen LogP contribution in [0, 0.1) is 0 Å². The molecule has 1 aliphatic carbocycles. The van der Waals surface area contributed by atoms with Crippen molar-refractivity contribution in [1.82, 2.24) is 5.43 Å². The zero-order valence-corrected chi connectivity index (χ0v) is 10.8. The van der Waals surface area contributed by atoms with Gasteiger partial charge in [0.05, 0.1) is 0 Å². The Balaban J connectivity index is 1.84. The van der Waals surface area contributed by atoms with E-state index in [0.29, 0.717) is 12.0 Å². The fourth-order valence-electron chi connectivity index (χ4n) is 2.85. The summed E-state index contributed by atoms with van der Waals surface area (Å²) in [6.45, 7) is 2.25. The lowest BCUT2D eigenvalue weighted by Crippen LogP contribution is -2.43. The van der Waals surface area contributed by atoms with Gasteiger partial charge in [0.15, 0.2) is 0 Å². The smallest absolute Gasteiger partial charge is 0.0282 e. The van der Waals surface area contributed by atoms with Crippen molar-refractivity contribution in [3.8, 4) is 0 Å². The molecule has 17 heavy (non-hydrogen) atoms. The van der Waals surface area contributed by atoms with Gasteiger partial charge in [-0.2, -0.15) is 0 Å². The molecular weight excluding hydrogens is 208 g/mol. The summed E-state index contributed by atoms with van der Waals surface area (Å²) in [5, 5.41) is 0. The van der Waals surface area contributed by atoms with Crippen molar-refractivity contribution < 1.29 is 0 Å². The first-order valence-electron chi connectivity index (χ1n) is 6.90. The molecule has 1 aliphatic rings. The number of rotatable bonds is 7. The number of fused-ring (bicyclic) bond motifs is 1. The third-order valence-electron chi connectivity index (χ3n) is 3.96. The van der Waals surface area contributed by atoms with Crippen molar-refractivity contribution in [1.29, 1.82) is 0 Å². The highest BCUT2D eigenvalue weighted by Gasteiger charge is 2.31. The van der Waals surface area contributed by atoms with Gasteiger partial charge in [-0.05, 0) is 24.0 Å². The molecule has 0 bridgehead atoms. The van der Waals surface area contributed by atoms with Gasteiger partial charge in [-0.25, -0.2) is 0 Å². The van der Waals surface area contributed by atoms with Crippen LogP contribution in [0.5, 0.6) is 0 Å². The van der Waals surface area contributed by atoms with Gasteiger partial charge in [-0.1, -0.05) is 56.9 Å². The number of benzene rings is 1. The van der Waals surface area contributed by atoms with E-state index in [9.17, 15) is 0 Å². The van der Waals surface area contributed by atoms with Gasteiger partial charge in [-0.3, -0.25) is 11.3 Å². The summed E-state index contributed by atoms with van der Waals surface area (Å²) in [5.41, 5.74) is 6.03. The maximum atomic E-state index is 5.71. The van der Waals surface area contributed by atoms with Crippen LogP contribution in [0.3, 0.4) is 0 Å². The summed E-state index contributed by atoms with van der Waals surface area (Å²) in [5.74, 6) is 6.34. The molecule has 0 aliphatic heterocycles. The Hall–Kier alpha value is -0.860. The summed E-state index contributed by atoms with van der Waals surface area (Å²) in [6.07, 6.45) is 7.67. The molecule has 1 aromatic rings. The molecule has 0 saturated carbocycles. The summed E-state index contributed by atoms with van der Waals surface area (Å²) in [7, 11) is 0. The Kier molecular flexibility index (Phi) is 4.57. The summed E-state index contributed by atoms with van der Waals surface area (Å²) in [6, 6.07) is 9.20. The monoisotopic (exact) mass is 232 g/mol. The molecule has 0 fully saturated rings. The Bertz CT molecular complexity index is 349. The molecule has 2 nitrogen and oxygen atoms in total. The Morgan fingerprint density at radius 3 is 2.82 bits per heavy atom. The lowest BCUT2D eigenvalue weighted by Gasteiger charge is -2.36. The second-order valence-electron chi connectivity index (χ2n) is 5.13. The average Bonchev–Trinajstić information content (AvgIpc) is 2.33. The molecule has 2 unspecified atom stereocenters. The van der Waals surface area contributed by atoms with E-state index in [0.717, 1.165) is 0 Å². The van der Waals surface area contributed by atoms with Crippen LogP contribution in [0.4, 0.5) is 0 Å². The van der Waals surface area contributed by atoms with E-state index in [4.69, 9.17) is 5.84 Å². The van der Waals surface area contributed by atoms with Gasteiger partial charge in [0.25, 0.3) is 0 Å². The first-order chi connectivity index (χ1) is 8.36. The van der Waals surface area contributed by atoms with Gasteiger partial charge in [0.2, 0.25) is 0 Å². The normalized spacial score (nSPS) is 19.5. The SMILES string of the molecule is CCCCCCC(NN)C1Cc2ccccc21. The molecule has 2 rings (SSSR count). The van der Waals surface area contributed by atoms with Crippen molar-refractivity contribution in [3.63, 3.8) is 0 Å². The molecule has 0 aromatic heterocycles. The van der Waals surface area contributed by atoms with E-state index in [1.807, 2.05) is 0 Å². The predicted octanol–water partition coefficient (Wildman–Crippen LogP) is 3.13. The quantitative estimate of drug-likeness (QED) is 0.430. The fraction of sp³-hybridized carbons (Fsp3) is 0.600. The highest BCUT2D eigenvalue weighted by atomic mass is 15.2. The van der Waals surface area contributed by atoms with Crippen molar-refractivity contribution in [2.24, 2.45) is 5.84 Å². The van der Waals surface area contributed by atoms with Crippen LogP contribution in [0.15, 0.2) is 24.3 Å². The van der Waals surface area contributed by atoms with Crippen LogP contribution < -0.4 is 11.3 Å². The predicted molar refractivity (Wildman–Crippen MR) is 72.8 cm³/mol. The van der Waals surface area contributed by atoms with Crippen molar-refractivity contribution in [2.75, 3.05) is 0 Å². The van der Waals surface area contributed by atoms with Gasteiger partial charge >= 0.3 is 0 Å². The molecule has 2 heteroatoms. The molecule has 0 amide bonds. The summed E-state index contributed by atoms with van der Waals surface area (Å²) in [4.78, 5) is 0. The van der Waals surface area contributed by atoms with E-state index in [1.54, 1.807) is 0 Å². The van der Waals surface area contributed by atoms with E-state index >= 15 is 0 Å². The molecule has 94 valence electrons. The highest BCUT2D eigenvalue weighted by molar-refractivity contribution is 5.41. The largest absolute Gasteiger partial charge is 0.271 e. The van der Waals surface area contributed by atoms with Crippen LogP contribution in [-0.4, -0.2) is 6.04 Å². The maximum Gasteiger partial charge on any atom is 0.0282 e. The first kappa shape index (κ1) is 12.6. The fourth-order valence-corrected chi connectivity index (χ4v) is 2.85. The summed E-state index contributed by atoms with van der Waals surface area (Å²) >= 11 is 0. The van der Waals surface area contributed by atoms with Crippen LogP contribution in [0.25, 0.3) is 0 Å². The molecule has 0 saturated heterocycles. The molecule has 3 N–H and O–H groups in total. The van der Waals surface area contributed by atoms with Gasteiger partial charge < -0.3 is 0 Å². The number of nitrogens with two attached hydrogens (primary N) is 1. The lowest BCUT2D eigenvalue weighted by molar-refractivity contribution is 0.372. The standard InChI is InChI=1S/C15H24N2/c1-2-3-4-5-10-15(17-16)14-11-12-8-6-7-9-13(12)14/h6-9,14-15,17H,2-5,10-11,16H2,1H3. The number of hydrazine groups is 1. The lowest BCUT2D eigenvalue weighted by atomic mass is 9.72. The van der Waals surface area contributed by atoms with Crippen molar-refractivity contribution in [3.05, 3.63) is 35.4 Å². The van der Waals surface area contributed by atoms with E-state index in [2.05, 4.69) is 36.6 Å². The molecule has 1 aromatic carbocycles. The van der Waals surface area contributed by atoms with Crippen molar-refractivity contribution in [2.45, 2.75) is 57.4 Å². The Morgan fingerprint density at radius 2 is 2.12 bits per heavy atom.